The zero-order valence-corrected chi connectivity index (χ0v) is 23.5. The van der Waals surface area contributed by atoms with E-state index in [4.69, 9.17) is 4.98 Å². The summed E-state index contributed by atoms with van der Waals surface area (Å²) in [6.07, 6.45) is 8.71. The summed E-state index contributed by atoms with van der Waals surface area (Å²) in [6, 6.07) is 14.6. The van der Waals surface area contributed by atoms with Crippen molar-refractivity contribution in [2.75, 3.05) is 18.9 Å². The van der Waals surface area contributed by atoms with Gasteiger partial charge >= 0.3 is 0 Å². The third kappa shape index (κ3) is 5.29. The third-order valence-corrected chi connectivity index (χ3v) is 7.36. The highest BCUT2D eigenvalue weighted by Gasteiger charge is 2.15. The summed E-state index contributed by atoms with van der Waals surface area (Å²) in [5, 5.41) is 17.9. The number of aromatic nitrogens is 7. The standard InChI is InChI=1S/C31H30FN9O/c1-19-17-40(29-9-8-24(32)11-26(19)29)25-10-21(13-34-14-25)18-41-30(36-15-28(31(41)42)35-12-20(2)33-3)23-6-4-22(5-7-23)27-16-37-39-38-27/h4-11,13-17,20,33,35H,12,18H2,1-3H3,(H,37,38,39)/t20-/m0/s1. The second-order valence-electron chi connectivity index (χ2n) is 10.3. The fourth-order valence-electron chi connectivity index (χ4n) is 4.94. The molecule has 11 heteroatoms. The van der Waals surface area contributed by atoms with Gasteiger partial charge in [0.2, 0.25) is 0 Å². The Labute approximate surface area is 241 Å². The number of anilines is 1. The second kappa shape index (κ2) is 11.4. The molecular weight excluding hydrogens is 533 g/mol. The number of nitrogens with one attached hydrogen (secondary N) is 3. The number of hydrogen-bond acceptors (Lipinski definition) is 7. The van der Waals surface area contributed by atoms with Crippen LogP contribution in [0.1, 0.15) is 18.1 Å². The number of halogens is 1. The first-order valence-corrected chi connectivity index (χ1v) is 13.6. The van der Waals surface area contributed by atoms with Crippen molar-refractivity contribution < 1.29 is 4.39 Å². The summed E-state index contributed by atoms with van der Waals surface area (Å²) in [7, 11) is 1.88. The smallest absolute Gasteiger partial charge is 0.277 e. The lowest BCUT2D eigenvalue weighted by molar-refractivity contribution is 0.629. The molecule has 4 aromatic heterocycles. The number of aromatic amines is 1. The SMILES string of the molecule is CN[C@@H](C)CNc1cnc(-c2ccc(-c3cn[nH]n3)cc2)n(Cc2cncc(-n3cc(C)c4cc(F)ccc43)c2)c1=O. The van der Waals surface area contributed by atoms with Crippen molar-refractivity contribution in [3.8, 4) is 28.3 Å². The van der Waals surface area contributed by atoms with Crippen molar-refractivity contribution in [3.63, 3.8) is 0 Å². The number of H-pyrrole nitrogens is 1. The van der Waals surface area contributed by atoms with Crippen LogP contribution >= 0.6 is 0 Å². The van der Waals surface area contributed by atoms with Gasteiger partial charge in [0.25, 0.3) is 5.56 Å². The molecule has 4 heterocycles. The summed E-state index contributed by atoms with van der Waals surface area (Å²) >= 11 is 0. The number of rotatable bonds is 9. The van der Waals surface area contributed by atoms with Crippen LogP contribution in [0.15, 0.2) is 84.3 Å². The van der Waals surface area contributed by atoms with Gasteiger partial charge in [-0.15, -0.1) is 0 Å². The zero-order chi connectivity index (χ0) is 29.2. The number of hydrogen-bond donors (Lipinski definition) is 3. The Morgan fingerprint density at radius 2 is 1.83 bits per heavy atom. The number of fused-ring (bicyclic) bond motifs is 1. The fraction of sp³-hybridized carbons (Fsp3) is 0.194. The summed E-state index contributed by atoms with van der Waals surface area (Å²) in [5.41, 5.74) is 6.10. The second-order valence-corrected chi connectivity index (χ2v) is 10.3. The van der Waals surface area contributed by atoms with E-state index in [0.29, 0.717) is 18.1 Å². The highest BCUT2D eigenvalue weighted by molar-refractivity contribution is 5.85. The summed E-state index contributed by atoms with van der Waals surface area (Å²) in [4.78, 5) is 23.0. The molecule has 212 valence electrons. The molecule has 0 amide bonds. The monoisotopic (exact) mass is 563 g/mol. The fourth-order valence-corrected chi connectivity index (χ4v) is 4.94. The van der Waals surface area contributed by atoms with Crippen LogP contribution in [0, 0.1) is 12.7 Å². The van der Waals surface area contributed by atoms with Gasteiger partial charge in [-0.1, -0.05) is 24.3 Å². The highest BCUT2D eigenvalue weighted by atomic mass is 19.1. The van der Waals surface area contributed by atoms with Gasteiger partial charge in [0.15, 0.2) is 0 Å². The van der Waals surface area contributed by atoms with E-state index < -0.39 is 0 Å². The molecule has 10 nitrogen and oxygen atoms in total. The first kappa shape index (κ1) is 27.0. The predicted octanol–water partition coefficient (Wildman–Crippen LogP) is 4.55. The lowest BCUT2D eigenvalue weighted by atomic mass is 10.1. The molecule has 0 saturated heterocycles. The quantitative estimate of drug-likeness (QED) is 0.236. The lowest BCUT2D eigenvalue weighted by Gasteiger charge is -2.17. The molecule has 0 aliphatic carbocycles. The maximum atomic E-state index is 13.9. The average Bonchev–Trinajstić information content (AvgIpc) is 3.66. The van der Waals surface area contributed by atoms with E-state index in [1.807, 2.05) is 62.0 Å². The van der Waals surface area contributed by atoms with Crippen molar-refractivity contribution >= 4 is 16.6 Å². The van der Waals surface area contributed by atoms with Crippen molar-refractivity contribution in [1.82, 2.24) is 39.8 Å². The van der Waals surface area contributed by atoms with Crippen molar-refractivity contribution in [1.29, 1.82) is 0 Å². The van der Waals surface area contributed by atoms with Gasteiger partial charge in [0.1, 0.15) is 23.0 Å². The van der Waals surface area contributed by atoms with Crippen molar-refractivity contribution in [2.24, 2.45) is 0 Å². The van der Waals surface area contributed by atoms with Crippen LogP contribution in [0.3, 0.4) is 0 Å². The Hall–Kier alpha value is -5.16. The molecule has 6 aromatic rings. The van der Waals surface area contributed by atoms with Gasteiger partial charge in [-0.3, -0.25) is 14.3 Å². The Morgan fingerprint density at radius 1 is 1.02 bits per heavy atom. The minimum atomic E-state index is -0.277. The lowest BCUT2D eigenvalue weighted by Crippen LogP contribution is -2.33. The molecular formula is C31H30FN9O. The molecule has 0 radical (unpaired) electrons. The maximum Gasteiger partial charge on any atom is 0.277 e. The molecule has 0 unspecified atom stereocenters. The molecule has 6 rings (SSSR count). The van der Waals surface area contributed by atoms with Gasteiger partial charge in [-0.05, 0) is 56.3 Å². The van der Waals surface area contributed by atoms with E-state index in [1.54, 1.807) is 35.4 Å². The van der Waals surface area contributed by atoms with E-state index in [1.165, 1.54) is 12.1 Å². The van der Waals surface area contributed by atoms with Gasteiger partial charge < -0.3 is 15.2 Å². The molecule has 0 aliphatic rings. The average molecular weight is 564 g/mol. The zero-order valence-electron chi connectivity index (χ0n) is 23.5. The van der Waals surface area contributed by atoms with Crippen LogP contribution in [-0.4, -0.2) is 54.1 Å². The topological polar surface area (TPSA) is 118 Å². The van der Waals surface area contributed by atoms with Gasteiger partial charge in [0.05, 0.1) is 36.3 Å². The van der Waals surface area contributed by atoms with Gasteiger partial charge in [0, 0.05) is 41.5 Å². The maximum absolute atomic E-state index is 13.9. The van der Waals surface area contributed by atoms with Crippen LogP contribution in [0.4, 0.5) is 10.1 Å². The molecule has 0 bridgehead atoms. The molecule has 2 aromatic carbocycles. The summed E-state index contributed by atoms with van der Waals surface area (Å²) in [5.74, 6) is 0.253. The van der Waals surface area contributed by atoms with E-state index in [9.17, 15) is 9.18 Å². The van der Waals surface area contributed by atoms with E-state index in [0.717, 1.165) is 44.5 Å². The Bertz CT molecular complexity index is 1910. The van der Waals surface area contributed by atoms with E-state index in [-0.39, 0.29) is 24.0 Å². The molecule has 3 N–H and O–H groups in total. The Balaban J connectivity index is 1.40. The molecule has 42 heavy (non-hydrogen) atoms. The first-order chi connectivity index (χ1) is 20.4. The number of pyridine rings is 1. The predicted molar refractivity (Wildman–Crippen MR) is 161 cm³/mol. The van der Waals surface area contributed by atoms with Crippen LogP contribution in [-0.2, 0) is 6.54 Å². The normalized spacial score (nSPS) is 12.1. The highest BCUT2D eigenvalue weighted by Crippen LogP contribution is 2.26. The van der Waals surface area contributed by atoms with Crippen LogP contribution in [0.25, 0.3) is 39.2 Å². The molecule has 0 saturated carbocycles. The Kier molecular flexibility index (Phi) is 7.32. The van der Waals surface area contributed by atoms with Crippen molar-refractivity contribution in [2.45, 2.75) is 26.4 Å². The molecule has 0 spiro atoms. The molecule has 0 fully saturated rings. The summed E-state index contributed by atoms with van der Waals surface area (Å²) < 4.78 is 17.6. The summed E-state index contributed by atoms with van der Waals surface area (Å²) in [6.45, 7) is 4.80. The van der Waals surface area contributed by atoms with Gasteiger partial charge in [-0.2, -0.15) is 15.4 Å². The number of benzene rings is 2. The van der Waals surface area contributed by atoms with Crippen molar-refractivity contribution in [3.05, 3.63) is 107 Å². The Morgan fingerprint density at radius 3 is 2.60 bits per heavy atom. The minimum absolute atomic E-state index is 0.163. The van der Waals surface area contributed by atoms with Crippen LogP contribution in [0.2, 0.25) is 0 Å². The van der Waals surface area contributed by atoms with E-state index >= 15 is 0 Å². The first-order valence-electron chi connectivity index (χ1n) is 13.6. The molecule has 1 atom stereocenters. The molecule has 0 aliphatic heterocycles. The third-order valence-electron chi connectivity index (χ3n) is 7.36. The van der Waals surface area contributed by atoms with Crippen LogP contribution < -0.4 is 16.2 Å². The number of likely N-dealkylation sites (N-methyl/N-ethyl adjacent to an activating group) is 1. The van der Waals surface area contributed by atoms with E-state index in [2.05, 4.69) is 31.0 Å². The number of aryl methyl sites for hydroxylation is 1. The number of nitrogens with zero attached hydrogens (tertiary/aromatic N) is 6. The largest absolute Gasteiger partial charge is 0.378 e. The van der Waals surface area contributed by atoms with Gasteiger partial charge in [-0.25, -0.2) is 9.37 Å². The minimum Gasteiger partial charge on any atom is -0.378 e. The van der Waals surface area contributed by atoms with Crippen LogP contribution in [0.5, 0.6) is 0 Å².